The first-order valence-corrected chi connectivity index (χ1v) is 7.64. The molecule has 2 heteroatoms. The van der Waals surface area contributed by atoms with E-state index >= 15 is 0 Å². The molecule has 0 radical (unpaired) electrons. The number of amides is 1. The van der Waals surface area contributed by atoms with Crippen LogP contribution < -0.4 is 0 Å². The molecule has 1 amide bonds. The van der Waals surface area contributed by atoms with Gasteiger partial charge in [0, 0.05) is 21.4 Å². The fourth-order valence-corrected chi connectivity index (χ4v) is 0.850. The summed E-state index contributed by atoms with van der Waals surface area (Å²) in [6.07, 6.45) is 2.26. The Morgan fingerprint density at radius 3 is 1.43 bits per heavy atom. The van der Waals surface area contributed by atoms with Crippen LogP contribution in [-0.4, -0.2) is 24.9 Å². The molecule has 130 valence electrons. The van der Waals surface area contributed by atoms with Crippen LogP contribution in [0.1, 0.15) is 77.5 Å². The zero-order chi connectivity index (χ0) is 17.7. The van der Waals surface area contributed by atoms with Crippen LogP contribution in [0.4, 0.5) is 0 Å². The van der Waals surface area contributed by atoms with E-state index < -0.39 is 0 Å². The maximum Gasteiger partial charge on any atom is 0.224 e. The predicted molar refractivity (Wildman–Crippen MR) is 99.7 cm³/mol. The molecule has 0 heterocycles. The van der Waals surface area contributed by atoms with Gasteiger partial charge in [0.2, 0.25) is 5.91 Å². The minimum Gasteiger partial charge on any atom is -0.349 e. The van der Waals surface area contributed by atoms with Crippen LogP contribution in [0.5, 0.6) is 0 Å². The van der Waals surface area contributed by atoms with E-state index in [1.807, 2.05) is 20.8 Å². The smallest absolute Gasteiger partial charge is 0.224 e. The van der Waals surface area contributed by atoms with E-state index in [1.54, 1.807) is 19.0 Å². The van der Waals surface area contributed by atoms with Crippen LogP contribution in [0, 0.1) is 17.8 Å². The van der Waals surface area contributed by atoms with E-state index in [2.05, 4.69) is 47.6 Å². The summed E-state index contributed by atoms with van der Waals surface area (Å²) in [5.74, 6) is 1.56. The molecule has 0 bridgehead atoms. The third-order valence-corrected chi connectivity index (χ3v) is 2.97. The summed E-state index contributed by atoms with van der Waals surface area (Å²) in [6.45, 7) is 18.4. The average molecular weight is 303 g/mol. The van der Waals surface area contributed by atoms with E-state index in [1.165, 1.54) is 5.57 Å². The largest absolute Gasteiger partial charge is 0.349 e. The molecule has 21 heavy (non-hydrogen) atoms. The van der Waals surface area contributed by atoms with Crippen LogP contribution in [0.3, 0.4) is 0 Å². The highest BCUT2D eigenvalue weighted by molar-refractivity contribution is 5.77. The van der Waals surface area contributed by atoms with Gasteiger partial charge in [0.1, 0.15) is 0 Å². The van der Waals surface area contributed by atoms with Crippen molar-refractivity contribution in [2.24, 2.45) is 17.8 Å². The highest BCUT2D eigenvalue weighted by atomic mass is 16.2. The summed E-state index contributed by atoms with van der Waals surface area (Å²) in [5.41, 5.74) is 1.47. The van der Waals surface area contributed by atoms with Crippen LogP contribution in [0.2, 0.25) is 0 Å². The summed E-state index contributed by atoms with van der Waals surface area (Å²) in [7, 11) is 3.53. The molecular weight excluding hydrogens is 258 g/mol. The molecule has 1 atom stereocenters. The van der Waals surface area contributed by atoms with Gasteiger partial charge in [-0.2, -0.15) is 0 Å². The molecule has 0 saturated heterocycles. The topological polar surface area (TPSA) is 20.3 Å². The lowest BCUT2D eigenvalue weighted by atomic mass is 10.1. The Morgan fingerprint density at radius 1 is 1.10 bits per heavy atom. The lowest BCUT2D eigenvalue weighted by Crippen LogP contribution is -2.26. The van der Waals surface area contributed by atoms with Crippen molar-refractivity contribution < 1.29 is 6.17 Å². The number of carbonyl (C=O) groups is 1. The molecule has 0 aliphatic heterocycles. The molecule has 0 saturated carbocycles. The minimum atomic E-state index is 0. The molecule has 0 aromatic rings. The van der Waals surface area contributed by atoms with Crippen LogP contribution in [0.15, 0.2) is 11.6 Å². The summed E-state index contributed by atoms with van der Waals surface area (Å²) in [5, 5.41) is 0. The van der Waals surface area contributed by atoms with Crippen molar-refractivity contribution in [3.63, 3.8) is 0 Å². The maximum absolute atomic E-state index is 10.8. The first-order chi connectivity index (χ1) is 9.38. The third kappa shape index (κ3) is 24.6. The first kappa shape index (κ1) is 25.2. The van der Waals surface area contributed by atoms with E-state index in [4.69, 9.17) is 1.37 Å². The van der Waals surface area contributed by atoms with Gasteiger partial charge in [-0.1, -0.05) is 73.9 Å². The molecular formula is C19H43NO. The fraction of sp³-hybridized carbons (Fsp3) is 0.842. The van der Waals surface area contributed by atoms with Gasteiger partial charge in [-0.3, -0.25) is 4.79 Å². The molecule has 0 N–H and O–H groups in total. The molecule has 0 aromatic heterocycles. The normalized spacial score (nSPS) is 12.5. The van der Waals surface area contributed by atoms with Crippen molar-refractivity contribution >= 4 is 5.91 Å². The minimum absolute atomic E-state index is 0. The average Bonchev–Trinajstić information content (AvgIpc) is 2.37. The molecule has 0 rings (SSSR count). The van der Waals surface area contributed by atoms with Crippen molar-refractivity contribution in [1.82, 2.24) is 4.90 Å². The van der Waals surface area contributed by atoms with Crippen molar-refractivity contribution in [3.8, 4) is 0 Å². The molecule has 2 nitrogen and oxygen atoms in total. The van der Waals surface area contributed by atoms with Crippen molar-refractivity contribution in [1.29, 1.82) is 0 Å². The maximum atomic E-state index is 10.8. The lowest BCUT2D eigenvalue weighted by Gasteiger charge is -2.11. The van der Waals surface area contributed by atoms with Gasteiger partial charge in [-0.15, -0.1) is 0 Å². The Bertz CT molecular complexity index is 263. The van der Waals surface area contributed by atoms with E-state index in [-0.39, 0.29) is 25.6 Å². The number of hydrogen-bond donors (Lipinski definition) is 0. The number of rotatable bonds is 3. The van der Waals surface area contributed by atoms with Crippen LogP contribution >= 0.6 is 0 Å². The second-order valence-corrected chi connectivity index (χ2v) is 6.15. The predicted octanol–water partition coefficient (Wildman–Crippen LogP) is 6.03. The summed E-state index contributed by atoms with van der Waals surface area (Å²) >= 11 is 0. The SMILES string of the molecule is C.C/C=C(\C)C(C)C.CC(C)C(=O)N(C)C.[2H]C(C)C(C)C. The van der Waals surface area contributed by atoms with Gasteiger partial charge >= 0.3 is 0 Å². The highest BCUT2D eigenvalue weighted by Crippen LogP contribution is 2.05. The van der Waals surface area contributed by atoms with Crippen molar-refractivity contribution in [3.05, 3.63) is 11.6 Å². The van der Waals surface area contributed by atoms with Gasteiger partial charge in [-0.25, -0.2) is 0 Å². The van der Waals surface area contributed by atoms with E-state index in [9.17, 15) is 4.79 Å². The first-order valence-electron chi connectivity index (χ1n) is 8.22. The van der Waals surface area contributed by atoms with Gasteiger partial charge < -0.3 is 4.90 Å². The van der Waals surface area contributed by atoms with Gasteiger partial charge in [0.25, 0.3) is 0 Å². The summed E-state index contributed by atoms with van der Waals surface area (Å²) < 4.78 is 7.03. The third-order valence-electron chi connectivity index (χ3n) is 2.97. The quantitative estimate of drug-likeness (QED) is 0.583. The highest BCUT2D eigenvalue weighted by Gasteiger charge is 2.06. The number of carbonyl (C=O) groups excluding carboxylic acids is 1. The fourth-order valence-electron chi connectivity index (χ4n) is 0.850. The zero-order valence-electron chi connectivity index (χ0n) is 16.7. The number of nitrogens with zero attached hydrogens (tertiary/aromatic N) is 1. The Kier molecular flexibility index (Phi) is 20.7. The lowest BCUT2D eigenvalue weighted by molar-refractivity contribution is -0.131. The Hall–Kier alpha value is -0.790. The molecule has 0 aliphatic carbocycles. The Labute approximate surface area is 137 Å². The standard InChI is InChI=1S/C7H14.C6H13NO.C5H12.CH4/c1-5-7(4)6(2)3;1-5(2)6(8)7(3)4;1-4-5(2)3;/h5-6H,1-4H3;5H,1-4H3;5H,4H2,1-3H3;1H4/b7-5+;;;/i;;4D;. The molecule has 1 unspecified atom stereocenters. The van der Waals surface area contributed by atoms with E-state index in [0.29, 0.717) is 5.92 Å². The van der Waals surface area contributed by atoms with Gasteiger partial charge in [0.05, 0.1) is 0 Å². The van der Waals surface area contributed by atoms with Gasteiger partial charge in [0.15, 0.2) is 0 Å². The summed E-state index contributed by atoms with van der Waals surface area (Å²) in [4.78, 5) is 12.4. The monoisotopic (exact) mass is 302 g/mol. The Balaban J connectivity index is -0.000000109. The molecule has 0 aromatic carbocycles. The second-order valence-electron chi connectivity index (χ2n) is 6.15. The molecule has 0 spiro atoms. The second kappa shape index (κ2) is 17.3. The molecule has 0 aliphatic rings. The van der Waals surface area contributed by atoms with E-state index in [0.717, 1.165) is 5.92 Å². The number of hydrogen-bond acceptors (Lipinski definition) is 1. The number of allylic oxidation sites excluding steroid dienone is 2. The van der Waals surface area contributed by atoms with Crippen LogP contribution in [-0.2, 0) is 4.79 Å². The Morgan fingerprint density at radius 2 is 1.43 bits per heavy atom. The molecule has 0 fully saturated rings. The van der Waals surface area contributed by atoms with Gasteiger partial charge in [-0.05, 0) is 25.7 Å². The summed E-state index contributed by atoms with van der Waals surface area (Å²) in [6, 6.07) is 0. The van der Waals surface area contributed by atoms with Crippen molar-refractivity contribution in [2.45, 2.75) is 76.1 Å². The zero-order valence-corrected chi connectivity index (χ0v) is 15.7. The van der Waals surface area contributed by atoms with Crippen molar-refractivity contribution in [2.75, 3.05) is 14.1 Å². The van der Waals surface area contributed by atoms with Crippen LogP contribution in [0.25, 0.3) is 0 Å².